The van der Waals surface area contributed by atoms with Gasteiger partial charge in [-0.1, -0.05) is 11.6 Å². The first-order chi connectivity index (χ1) is 13.9. The number of fused-ring (bicyclic) bond motifs is 1. The summed E-state index contributed by atoms with van der Waals surface area (Å²) in [5.41, 5.74) is 3.53. The Hall–Kier alpha value is -3.00. The highest BCUT2D eigenvalue weighted by Gasteiger charge is 2.27. The highest BCUT2D eigenvalue weighted by atomic mass is 35.5. The molecule has 0 spiro atoms. The fraction of sp³-hybridized carbons (Fsp3) is 0.350. The first-order valence-electron chi connectivity index (χ1n) is 9.44. The van der Waals surface area contributed by atoms with Crippen molar-refractivity contribution in [3.8, 4) is 0 Å². The third-order valence-corrected chi connectivity index (χ3v) is 5.60. The molecule has 8 nitrogen and oxygen atoms in total. The molecule has 0 radical (unpaired) electrons. The number of halogens is 1. The van der Waals surface area contributed by atoms with Crippen molar-refractivity contribution >= 4 is 40.1 Å². The molecule has 3 aromatic rings. The van der Waals surface area contributed by atoms with E-state index in [1.165, 1.54) is 0 Å². The van der Waals surface area contributed by atoms with Crippen molar-refractivity contribution in [1.29, 1.82) is 0 Å². The number of benzene rings is 1. The topological polar surface area (TPSA) is 94.5 Å². The van der Waals surface area contributed by atoms with Gasteiger partial charge >= 0.3 is 5.76 Å². The van der Waals surface area contributed by atoms with E-state index in [-0.39, 0.29) is 18.5 Å². The van der Waals surface area contributed by atoms with Gasteiger partial charge in [0.05, 0.1) is 18.4 Å². The standard InChI is InChI=1S/C20H22ClN5O3/c1-12-7-15(3-4-16(12)21)25-5-6-26(13(2)11-25)18(27)10-22-14-8-17-19(23-9-14)24-20(28)29-17/h3-4,7-9,13,22H,5-6,10-11H2,1-2H3,(H,23,24,28)/t13-/m1/s1. The van der Waals surface area contributed by atoms with Gasteiger partial charge in [0.2, 0.25) is 5.91 Å². The maximum atomic E-state index is 12.7. The van der Waals surface area contributed by atoms with Crippen LogP contribution in [0, 0.1) is 6.92 Å². The Morgan fingerprint density at radius 3 is 2.97 bits per heavy atom. The molecule has 1 aromatic carbocycles. The number of oxazole rings is 1. The second kappa shape index (κ2) is 7.79. The molecule has 1 amide bonds. The Kier molecular flexibility index (Phi) is 5.19. The number of rotatable bonds is 4. The lowest BCUT2D eigenvalue weighted by Crippen LogP contribution is -2.55. The molecule has 4 rings (SSSR count). The number of pyridine rings is 1. The van der Waals surface area contributed by atoms with Gasteiger partial charge in [0.25, 0.3) is 0 Å². The van der Waals surface area contributed by atoms with Crippen molar-refractivity contribution in [2.24, 2.45) is 0 Å². The summed E-state index contributed by atoms with van der Waals surface area (Å²) in [5, 5.41) is 3.82. The number of amides is 1. The molecular weight excluding hydrogens is 394 g/mol. The number of nitrogens with one attached hydrogen (secondary N) is 2. The van der Waals surface area contributed by atoms with Gasteiger partial charge in [-0.15, -0.1) is 0 Å². The fourth-order valence-corrected chi connectivity index (χ4v) is 3.72. The molecule has 2 N–H and O–H groups in total. The highest BCUT2D eigenvalue weighted by molar-refractivity contribution is 6.31. The lowest BCUT2D eigenvalue weighted by atomic mass is 10.1. The van der Waals surface area contributed by atoms with Crippen molar-refractivity contribution in [3.05, 3.63) is 51.6 Å². The molecule has 0 aliphatic carbocycles. The monoisotopic (exact) mass is 415 g/mol. The summed E-state index contributed by atoms with van der Waals surface area (Å²) >= 11 is 6.13. The van der Waals surface area contributed by atoms with Crippen LogP contribution in [0.5, 0.6) is 0 Å². The predicted molar refractivity (Wildman–Crippen MR) is 113 cm³/mol. The smallest absolute Gasteiger partial charge is 0.406 e. The van der Waals surface area contributed by atoms with Gasteiger partial charge in [-0.05, 0) is 37.6 Å². The summed E-state index contributed by atoms with van der Waals surface area (Å²) in [6.07, 6.45) is 1.56. The Morgan fingerprint density at radius 1 is 1.38 bits per heavy atom. The molecule has 0 bridgehead atoms. The number of aromatic amines is 1. The van der Waals surface area contributed by atoms with Crippen molar-refractivity contribution in [2.45, 2.75) is 19.9 Å². The second-order valence-corrected chi connectivity index (χ2v) is 7.66. The van der Waals surface area contributed by atoms with Crippen LogP contribution in [0.15, 0.2) is 39.7 Å². The zero-order valence-corrected chi connectivity index (χ0v) is 17.0. The average molecular weight is 416 g/mol. The van der Waals surface area contributed by atoms with E-state index < -0.39 is 5.76 Å². The number of piperazine rings is 1. The van der Waals surface area contributed by atoms with Crippen molar-refractivity contribution < 1.29 is 9.21 Å². The van der Waals surface area contributed by atoms with Crippen LogP contribution >= 0.6 is 11.6 Å². The zero-order valence-electron chi connectivity index (χ0n) is 16.2. The first kappa shape index (κ1) is 19.3. The van der Waals surface area contributed by atoms with E-state index in [0.29, 0.717) is 23.5 Å². The molecule has 3 heterocycles. The molecular formula is C20H22ClN5O3. The lowest BCUT2D eigenvalue weighted by Gasteiger charge is -2.41. The number of aryl methyl sites for hydroxylation is 1. The third-order valence-electron chi connectivity index (χ3n) is 5.17. The predicted octanol–water partition coefficient (Wildman–Crippen LogP) is 2.63. The van der Waals surface area contributed by atoms with Crippen LogP contribution in [-0.2, 0) is 4.79 Å². The molecule has 2 aromatic heterocycles. The summed E-state index contributed by atoms with van der Waals surface area (Å²) < 4.78 is 5.00. The van der Waals surface area contributed by atoms with E-state index in [1.807, 2.05) is 24.0 Å². The minimum atomic E-state index is -0.552. The number of hydrogen-bond donors (Lipinski definition) is 2. The van der Waals surface area contributed by atoms with Gasteiger partial charge < -0.3 is 19.5 Å². The van der Waals surface area contributed by atoms with E-state index in [4.69, 9.17) is 16.0 Å². The highest BCUT2D eigenvalue weighted by Crippen LogP contribution is 2.25. The van der Waals surface area contributed by atoms with Crippen LogP contribution in [-0.4, -0.2) is 53.0 Å². The number of hydrogen-bond acceptors (Lipinski definition) is 6. The minimum Gasteiger partial charge on any atom is -0.406 e. The van der Waals surface area contributed by atoms with E-state index in [1.54, 1.807) is 12.3 Å². The van der Waals surface area contributed by atoms with E-state index >= 15 is 0 Å². The number of H-pyrrole nitrogens is 1. The second-order valence-electron chi connectivity index (χ2n) is 7.25. The van der Waals surface area contributed by atoms with Crippen LogP contribution in [0.25, 0.3) is 11.2 Å². The van der Waals surface area contributed by atoms with Gasteiger partial charge in [-0.2, -0.15) is 0 Å². The van der Waals surface area contributed by atoms with Crippen LogP contribution in [0.4, 0.5) is 11.4 Å². The quantitative estimate of drug-likeness (QED) is 0.680. The van der Waals surface area contributed by atoms with Gasteiger partial charge in [-0.25, -0.2) is 9.78 Å². The number of nitrogens with zero attached hydrogens (tertiary/aromatic N) is 3. The molecule has 9 heteroatoms. The number of carbonyl (C=O) groups is 1. The molecule has 1 aliphatic heterocycles. The van der Waals surface area contributed by atoms with Gasteiger partial charge in [0.15, 0.2) is 11.2 Å². The summed E-state index contributed by atoms with van der Waals surface area (Å²) in [6.45, 7) is 6.36. The maximum absolute atomic E-state index is 12.7. The van der Waals surface area contributed by atoms with E-state index in [9.17, 15) is 9.59 Å². The molecule has 1 aliphatic rings. The van der Waals surface area contributed by atoms with Crippen molar-refractivity contribution in [2.75, 3.05) is 36.4 Å². The van der Waals surface area contributed by atoms with Crippen LogP contribution < -0.4 is 16.0 Å². The normalized spacial score (nSPS) is 17.0. The van der Waals surface area contributed by atoms with Gasteiger partial charge in [0, 0.05) is 42.5 Å². The molecule has 1 atom stereocenters. The zero-order chi connectivity index (χ0) is 20.5. The number of aromatic nitrogens is 2. The molecule has 1 fully saturated rings. The lowest BCUT2D eigenvalue weighted by molar-refractivity contribution is -0.131. The van der Waals surface area contributed by atoms with Crippen LogP contribution in [0.3, 0.4) is 0 Å². The summed E-state index contributed by atoms with van der Waals surface area (Å²) in [6, 6.07) is 7.74. The molecule has 0 saturated carbocycles. The van der Waals surface area contributed by atoms with Crippen LogP contribution in [0.2, 0.25) is 5.02 Å². The third kappa shape index (κ3) is 4.07. The first-order valence-corrected chi connectivity index (χ1v) is 9.82. The van der Waals surface area contributed by atoms with Gasteiger partial charge in [-0.3, -0.25) is 9.78 Å². The van der Waals surface area contributed by atoms with Gasteiger partial charge in [0.1, 0.15) is 0 Å². The average Bonchev–Trinajstić information content (AvgIpc) is 3.07. The molecule has 152 valence electrons. The minimum absolute atomic E-state index is 0.0139. The number of anilines is 2. The summed E-state index contributed by atoms with van der Waals surface area (Å²) in [7, 11) is 0. The summed E-state index contributed by atoms with van der Waals surface area (Å²) in [5.74, 6) is -0.539. The molecule has 1 saturated heterocycles. The summed E-state index contributed by atoms with van der Waals surface area (Å²) in [4.78, 5) is 34.7. The molecule has 0 unspecified atom stereocenters. The Bertz CT molecular complexity index is 1110. The Balaban J connectivity index is 1.36. The van der Waals surface area contributed by atoms with E-state index in [2.05, 4.69) is 33.2 Å². The fourth-order valence-electron chi connectivity index (χ4n) is 3.60. The Labute approximate surface area is 172 Å². The number of carbonyl (C=O) groups excluding carboxylic acids is 1. The SMILES string of the molecule is Cc1cc(N2CCN(C(=O)CNc3cnc4[nH]c(=O)oc4c3)[C@H](C)C2)ccc1Cl. The van der Waals surface area contributed by atoms with Crippen molar-refractivity contribution in [3.63, 3.8) is 0 Å². The van der Waals surface area contributed by atoms with Crippen molar-refractivity contribution in [1.82, 2.24) is 14.9 Å². The molecule has 29 heavy (non-hydrogen) atoms. The largest absolute Gasteiger partial charge is 0.418 e. The van der Waals surface area contributed by atoms with Crippen LogP contribution in [0.1, 0.15) is 12.5 Å². The van der Waals surface area contributed by atoms with E-state index in [0.717, 1.165) is 29.4 Å². The maximum Gasteiger partial charge on any atom is 0.418 e. The Morgan fingerprint density at radius 2 is 2.21 bits per heavy atom.